The fraction of sp³-hybridized carbons (Fsp3) is 0.312. The summed E-state index contributed by atoms with van der Waals surface area (Å²) in [6.07, 6.45) is 0.945. The third-order valence-corrected chi connectivity index (χ3v) is 11.0. The molecule has 8 nitrogen and oxygen atoms in total. The van der Waals surface area contributed by atoms with E-state index in [4.69, 9.17) is 27.6 Å². The molecule has 0 spiro atoms. The summed E-state index contributed by atoms with van der Waals surface area (Å²) in [4.78, 5) is 51.3. The number of likely N-dealkylation sites (tertiary alicyclic amines) is 1. The van der Waals surface area contributed by atoms with Gasteiger partial charge in [-0.25, -0.2) is 26.9 Å². The van der Waals surface area contributed by atoms with E-state index in [2.05, 4.69) is 0 Å². The summed E-state index contributed by atoms with van der Waals surface area (Å²) >= 11 is 14.0. The second-order valence-corrected chi connectivity index (χ2v) is 13.1. The number of benzene rings is 2. The third kappa shape index (κ3) is 4.08. The maximum Gasteiger partial charge on any atom is 0.258 e. The number of nitrogens with zero attached hydrogens (tertiary/aromatic N) is 2. The number of carbonyl (C=O) groups excluding carboxylic acids is 4. The van der Waals surface area contributed by atoms with Crippen molar-refractivity contribution in [2.24, 2.45) is 17.8 Å². The molecule has 4 amide bonds. The first-order chi connectivity index (χ1) is 22.3. The van der Waals surface area contributed by atoms with E-state index < -0.39 is 105 Å². The Kier molecular flexibility index (Phi) is 7.19. The van der Waals surface area contributed by atoms with E-state index in [0.29, 0.717) is 5.56 Å². The molecule has 1 saturated carbocycles. The van der Waals surface area contributed by atoms with E-state index >= 15 is 8.78 Å². The first-order valence-corrected chi connectivity index (χ1v) is 15.1. The van der Waals surface area contributed by atoms with E-state index in [1.54, 1.807) is 36.4 Å². The number of aliphatic hydroxyl groups is 1. The molecule has 7 rings (SSSR count). The number of alkyl halides is 2. The van der Waals surface area contributed by atoms with Gasteiger partial charge in [0.15, 0.2) is 33.0 Å². The summed E-state index contributed by atoms with van der Waals surface area (Å²) in [7, 11) is 0. The quantitative estimate of drug-likeness (QED) is 0.0979. The predicted molar refractivity (Wildman–Crippen MR) is 153 cm³/mol. The maximum absolute atomic E-state index is 15.1. The fourth-order valence-electron chi connectivity index (χ4n) is 7.50. The molecular formula is C32H21Cl2F5N2O6. The zero-order valence-electron chi connectivity index (χ0n) is 23.8. The standard InChI is InChI=1S/C32H21Cl2F5N2O6/c33-31-10-17-15(7-8-16-19(17)28(44)40(27(16)43)11-13-4-2-1-3-5-13)20(18-9-6-14(12-42)47-18)32(31,34)30(46)41(29(31)45)26-24(38)22(36)21(35)23(37)25(26)39/h1-7,9,16-17,19-20,42H,8,10-12H2/t16-,17+,19-,20+,31+,32-/m0/s1. The SMILES string of the molecule is O=C1[C@H]2[C@H](CC=C3[C@H]2C[C@@]2(Cl)C(=O)N(c4c(F)c(F)c(F)c(F)c4F)C(=O)[C@@]2(Cl)[C@H]3c2ccc(CO)o2)C(=O)N1Cc1ccccc1. The minimum Gasteiger partial charge on any atom is -0.463 e. The van der Waals surface area contributed by atoms with Crippen LogP contribution in [0.1, 0.15) is 35.8 Å². The van der Waals surface area contributed by atoms with Crippen LogP contribution in [0.15, 0.2) is 58.5 Å². The van der Waals surface area contributed by atoms with Crippen LogP contribution in [-0.2, 0) is 32.3 Å². The van der Waals surface area contributed by atoms with Gasteiger partial charge in [0.1, 0.15) is 23.8 Å². The summed E-state index contributed by atoms with van der Waals surface area (Å²) < 4.78 is 78.5. The lowest BCUT2D eigenvalue weighted by Crippen LogP contribution is -2.60. The largest absolute Gasteiger partial charge is 0.463 e. The highest BCUT2D eigenvalue weighted by Crippen LogP contribution is 2.66. The molecular weight excluding hydrogens is 674 g/mol. The van der Waals surface area contributed by atoms with Crippen molar-refractivity contribution in [1.29, 1.82) is 0 Å². The molecule has 15 heteroatoms. The number of imide groups is 2. The Morgan fingerprint density at radius 3 is 2.09 bits per heavy atom. The number of halogens is 7. The predicted octanol–water partition coefficient (Wildman–Crippen LogP) is 5.23. The number of allylic oxidation sites excluding steroid dienone is 2. The van der Waals surface area contributed by atoms with Crippen LogP contribution in [0, 0.1) is 46.8 Å². The Balaban J connectivity index is 1.39. The van der Waals surface area contributed by atoms with Crippen molar-refractivity contribution < 1.29 is 50.7 Å². The lowest BCUT2D eigenvalue weighted by molar-refractivity contribution is -0.141. The average molecular weight is 695 g/mol. The number of fused-ring (bicyclic) bond motifs is 4. The van der Waals surface area contributed by atoms with Crippen LogP contribution in [0.5, 0.6) is 0 Å². The van der Waals surface area contributed by atoms with E-state index in [0.717, 1.165) is 4.90 Å². The maximum atomic E-state index is 15.1. The second-order valence-electron chi connectivity index (χ2n) is 11.9. The van der Waals surface area contributed by atoms with Crippen LogP contribution in [-0.4, -0.2) is 43.4 Å². The second kappa shape index (κ2) is 10.7. The molecule has 3 fully saturated rings. The third-order valence-electron chi connectivity index (χ3n) is 9.62. The molecule has 2 aromatic carbocycles. The van der Waals surface area contributed by atoms with Crippen LogP contribution in [0.2, 0.25) is 0 Å². The minimum absolute atomic E-state index is 0.00216. The summed E-state index contributed by atoms with van der Waals surface area (Å²) in [6.45, 7) is -0.655. The van der Waals surface area contributed by atoms with Gasteiger partial charge in [0, 0.05) is 0 Å². The molecule has 1 aromatic heterocycles. The lowest BCUT2D eigenvalue weighted by atomic mass is 9.57. The van der Waals surface area contributed by atoms with Crippen molar-refractivity contribution in [2.45, 2.75) is 41.7 Å². The van der Waals surface area contributed by atoms with Crippen LogP contribution < -0.4 is 4.90 Å². The molecule has 2 aliphatic carbocycles. The summed E-state index contributed by atoms with van der Waals surface area (Å²) in [5.41, 5.74) is -0.950. The highest BCUT2D eigenvalue weighted by atomic mass is 35.5. The van der Waals surface area contributed by atoms with Gasteiger partial charge in [-0.2, -0.15) is 0 Å². The van der Waals surface area contributed by atoms with E-state index in [-0.39, 0.29) is 35.0 Å². The number of rotatable bonds is 5. The highest BCUT2D eigenvalue weighted by Gasteiger charge is 2.77. The van der Waals surface area contributed by atoms with Crippen molar-refractivity contribution >= 4 is 52.5 Å². The smallest absolute Gasteiger partial charge is 0.258 e. The Hall–Kier alpha value is -4.07. The normalized spacial score (nSPS) is 30.1. The summed E-state index contributed by atoms with van der Waals surface area (Å²) in [5, 5.41) is 9.67. The molecule has 3 aromatic rings. The van der Waals surface area contributed by atoms with Gasteiger partial charge in [0.2, 0.25) is 17.6 Å². The monoisotopic (exact) mass is 694 g/mol. The topological polar surface area (TPSA) is 108 Å². The molecule has 244 valence electrons. The number of carbonyl (C=O) groups is 4. The molecule has 47 heavy (non-hydrogen) atoms. The number of hydrogen-bond donors (Lipinski definition) is 1. The Labute approximate surface area is 272 Å². The first-order valence-electron chi connectivity index (χ1n) is 14.3. The molecule has 1 N–H and O–H groups in total. The van der Waals surface area contributed by atoms with E-state index in [1.807, 2.05) is 0 Å². The summed E-state index contributed by atoms with van der Waals surface area (Å²) in [6, 6.07) is 11.3. The van der Waals surface area contributed by atoms with E-state index in [1.165, 1.54) is 12.1 Å². The summed E-state index contributed by atoms with van der Waals surface area (Å²) in [5.74, 6) is -21.3. The minimum atomic E-state index is -2.69. The number of aliphatic hydroxyl groups excluding tert-OH is 1. The Morgan fingerprint density at radius 1 is 0.830 bits per heavy atom. The van der Waals surface area contributed by atoms with Gasteiger partial charge in [0.25, 0.3) is 11.8 Å². The number of anilines is 1. The van der Waals surface area contributed by atoms with Gasteiger partial charge in [0.05, 0.1) is 24.3 Å². The van der Waals surface area contributed by atoms with Crippen LogP contribution in [0.3, 0.4) is 0 Å². The lowest BCUT2D eigenvalue weighted by Gasteiger charge is -2.49. The van der Waals surface area contributed by atoms with E-state index in [9.17, 15) is 37.5 Å². The van der Waals surface area contributed by atoms with Crippen molar-refractivity contribution in [1.82, 2.24) is 4.90 Å². The molecule has 6 atom stereocenters. The van der Waals surface area contributed by atoms with Crippen LogP contribution in [0.4, 0.5) is 27.6 Å². The van der Waals surface area contributed by atoms with Gasteiger partial charge in [-0.05, 0) is 36.5 Å². The number of amides is 4. The molecule has 2 saturated heterocycles. The zero-order valence-corrected chi connectivity index (χ0v) is 25.3. The molecule has 3 heterocycles. The Morgan fingerprint density at radius 2 is 1.47 bits per heavy atom. The molecule has 4 aliphatic rings. The van der Waals surface area contributed by atoms with Gasteiger partial charge in [-0.3, -0.25) is 24.1 Å². The van der Waals surface area contributed by atoms with Crippen molar-refractivity contribution in [3.05, 3.63) is 100 Å². The fourth-order valence-corrected chi connectivity index (χ4v) is 8.42. The molecule has 0 radical (unpaired) electrons. The van der Waals surface area contributed by atoms with Gasteiger partial charge in [-0.1, -0.05) is 42.0 Å². The molecule has 2 aliphatic heterocycles. The zero-order chi connectivity index (χ0) is 33.7. The van der Waals surface area contributed by atoms with Crippen molar-refractivity contribution in [3.63, 3.8) is 0 Å². The first kappa shape index (κ1) is 31.5. The van der Waals surface area contributed by atoms with Gasteiger partial charge in [-0.15, -0.1) is 23.2 Å². The molecule has 0 bridgehead atoms. The number of hydrogen-bond acceptors (Lipinski definition) is 6. The van der Waals surface area contributed by atoms with Crippen LogP contribution in [0.25, 0.3) is 0 Å². The average Bonchev–Trinajstić information content (AvgIpc) is 3.67. The van der Waals surface area contributed by atoms with Crippen molar-refractivity contribution in [2.75, 3.05) is 4.90 Å². The molecule has 0 unspecified atom stereocenters. The Bertz CT molecular complexity index is 1910. The number of furan rings is 1. The van der Waals surface area contributed by atoms with Gasteiger partial charge >= 0.3 is 0 Å². The highest BCUT2D eigenvalue weighted by molar-refractivity contribution is 6.58. The van der Waals surface area contributed by atoms with Gasteiger partial charge < -0.3 is 9.52 Å². The van der Waals surface area contributed by atoms with Crippen LogP contribution >= 0.6 is 23.2 Å². The van der Waals surface area contributed by atoms with Crippen molar-refractivity contribution in [3.8, 4) is 0 Å².